The van der Waals surface area contributed by atoms with Crippen LogP contribution < -0.4 is 11.1 Å². The van der Waals surface area contributed by atoms with E-state index in [1.807, 2.05) is 30.3 Å². The lowest BCUT2D eigenvalue weighted by molar-refractivity contribution is 0.661. The maximum Gasteiger partial charge on any atom is 0.266 e. The van der Waals surface area contributed by atoms with Gasteiger partial charge in [-0.3, -0.25) is 14.6 Å². The summed E-state index contributed by atoms with van der Waals surface area (Å²) >= 11 is 0. The van der Waals surface area contributed by atoms with E-state index < -0.39 is 0 Å². The van der Waals surface area contributed by atoms with Gasteiger partial charge in [0.1, 0.15) is 0 Å². The van der Waals surface area contributed by atoms with E-state index in [2.05, 4.69) is 43.1 Å². The number of hydrogen-bond donors (Lipinski definition) is 0. The molecule has 2 aromatic heterocycles. The molecule has 1 aliphatic rings. The number of benzene rings is 3. The predicted octanol–water partition coefficient (Wildman–Crippen LogP) is 5.21. The van der Waals surface area contributed by atoms with Crippen LogP contribution in [0, 0.1) is 0 Å². The van der Waals surface area contributed by atoms with Crippen molar-refractivity contribution < 1.29 is 0 Å². The third-order valence-corrected chi connectivity index (χ3v) is 6.71. The highest BCUT2D eigenvalue weighted by atomic mass is 16.2. The van der Waals surface area contributed by atoms with Gasteiger partial charge in [-0.15, -0.1) is 0 Å². The molecule has 0 saturated heterocycles. The van der Waals surface area contributed by atoms with Gasteiger partial charge in [-0.25, -0.2) is 4.57 Å². The van der Waals surface area contributed by atoms with E-state index >= 15 is 0 Å². The largest absolute Gasteiger partial charge is 0.268 e. The molecule has 0 aliphatic heterocycles. The second-order valence-corrected chi connectivity index (χ2v) is 8.82. The third-order valence-electron chi connectivity index (χ3n) is 6.71. The number of para-hydroxylation sites is 1. The monoisotopic (exact) mass is 416 g/mol. The number of hydrogen-bond acceptors (Lipinski definition) is 3. The number of fused-ring (bicyclic) bond motifs is 6. The zero-order valence-corrected chi connectivity index (χ0v) is 17.8. The molecule has 0 unspecified atom stereocenters. The second kappa shape index (κ2) is 6.47. The first kappa shape index (κ1) is 18.7. The molecule has 0 N–H and O–H groups in total. The highest BCUT2D eigenvalue weighted by Gasteiger charge is 2.35. The topological polar surface area (TPSA) is 52.0 Å². The number of rotatable bonds is 1. The molecule has 4 heteroatoms. The van der Waals surface area contributed by atoms with Crippen LogP contribution in [-0.2, 0) is 5.41 Å². The van der Waals surface area contributed by atoms with Gasteiger partial charge in [0, 0.05) is 28.6 Å². The molecular formula is C28H20N2O2. The van der Waals surface area contributed by atoms with Crippen LogP contribution in [0.5, 0.6) is 0 Å². The fourth-order valence-electron chi connectivity index (χ4n) is 5.09. The van der Waals surface area contributed by atoms with Crippen molar-refractivity contribution in [3.05, 3.63) is 117 Å². The molecule has 0 spiro atoms. The summed E-state index contributed by atoms with van der Waals surface area (Å²) in [6.07, 6.45) is 3.29. The molecule has 0 atom stereocenters. The van der Waals surface area contributed by atoms with Crippen LogP contribution in [0.25, 0.3) is 38.4 Å². The maximum absolute atomic E-state index is 13.9. The van der Waals surface area contributed by atoms with E-state index in [9.17, 15) is 9.59 Å². The molecule has 1 aliphatic carbocycles. The molecule has 32 heavy (non-hydrogen) atoms. The molecule has 4 nitrogen and oxygen atoms in total. The Kier molecular flexibility index (Phi) is 3.78. The molecule has 5 aromatic rings. The Labute approximate surface area is 184 Å². The van der Waals surface area contributed by atoms with Gasteiger partial charge in [0.25, 0.3) is 11.1 Å². The van der Waals surface area contributed by atoms with Crippen molar-refractivity contribution in [3.63, 3.8) is 0 Å². The SMILES string of the molecule is CC1(C)c2ccccc2-c2cc3c(=O)n(-c4ccccc4)c(=O)c4ccncc4c3cc21. The van der Waals surface area contributed by atoms with E-state index in [0.717, 1.165) is 22.1 Å². The second-order valence-electron chi connectivity index (χ2n) is 8.82. The number of pyridine rings is 1. The molecule has 0 bridgehead atoms. The summed E-state index contributed by atoms with van der Waals surface area (Å²) in [5.41, 5.74) is 4.26. The predicted molar refractivity (Wildman–Crippen MR) is 129 cm³/mol. The van der Waals surface area contributed by atoms with Crippen LogP contribution in [0.15, 0.2) is 94.8 Å². The first-order valence-electron chi connectivity index (χ1n) is 10.6. The fraction of sp³-hybridized carbons (Fsp3) is 0.107. The van der Waals surface area contributed by atoms with Crippen LogP contribution >= 0.6 is 0 Å². The fourth-order valence-corrected chi connectivity index (χ4v) is 5.09. The summed E-state index contributed by atoms with van der Waals surface area (Å²) in [6.45, 7) is 4.41. The van der Waals surface area contributed by atoms with E-state index in [1.54, 1.807) is 30.6 Å². The van der Waals surface area contributed by atoms with Gasteiger partial charge < -0.3 is 0 Å². The summed E-state index contributed by atoms with van der Waals surface area (Å²) in [7, 11) is 0. The smallest absolute Gasteiger partial charge is 0.266 e. The third kappa shape index (κ3) is 2.41. The van der Waals surface area contributed by atoms with Crippen LogP contribution in [0.3, 0.4) is 0 Å². The van der Waals surface area contributed by atoms with Crippen molar-refractivity contribution in [2.75, 3.05) is 0 Å². The minimum absolute atomic E-state index is 0.207. The van der Waals surface area contributed by atoms with Gasteiger partial charge in [0.15, 0.2) is 0 Å². The van der Waals surface area contributed by atoms with Gasteiger partial charge in [-0.2, -0.15) is 0 Å². The van der Waals surface area contributed by atoms with Crippen LogP contribution in [0.4, 0.5) is 0 Å². The zero-order valence-electron chi connectivity index (χ0n) is 17.8. The summed E-state index contributed by atoms with van der Waals surface area (Å²) in [6, 6.07) is 23.2. The summed E-state index contributed by atoms with van der Waals surface area (Å²) in [4.78, 5) is 31.7. The van der Waals surface area contributed by atoms with Gasteiger partial charge in [-0.1, -0.05) is 56.3 Å². The first-order valence-corrected chi connectivity index (χ1v) is 10.6. The average Bonchev–Trinajstić information content (AvgIpc) is 3.00. The van der Waals surface area contributed by atoms with Gasteiger partial charge in [-0.05, 0) is 58.0 Å². The molecule has 3 aromatic carbocycles. The number of nitrogens with zero attached hydrogens (tertiary/aromatic N) is 2. The lowest BCUT2D eigenvalue weighted by atomic mass is 9.82. The summed E-state index contributed by atoms with van der Waals surface area (Å²) in [5.74, 6) is 0. The standard InChI is InChI=1S/C28H20N2O2/c1-28(2)24-11-7-6-10-18(24)21-14-22-20(15-25(21)28)23-16-29-13-12-19(23)26(31)30(27(22)32)17-8-4-3-5-9-17/h3-16H,1-2H3. The highest BCUT2D eigenvalue weighted by Crippen LogP contribution is 2.49. The van der Waals surface area contributed by atoms with E-state index in [0.29, 0.717) is 21.8 Å². The van der Waals surface area contributed by atoms with Crippen molar-refractivity contribution in [1.29, 1.82) is 0 Å². The van der Waals surface area contributed by atoms with Gasteiger partial charge in [0.05, 0.1) is 11.1 Å². The van der Waals surface area contributed by atoms with Crippen molar-refractivity contribution >= 4 is 21.5 Å². The Morgan fingerprint density at radius 1 is 0.688 bits per heavy atom. The Morgan fingerprint density at radius 3 is 2.22 bits per heavy atom. The quantitative estimate of drug-likeness (QED) is 0.377. The van der Waals surface area contributed by atoms with Crippen molar-refractivity contribution in [2.45, 2.75) is 19.3 Å². The van der Waals surface area contributed by atoms with Crippen LogP contribution in [0.1, 0.15) is 25.0 Å². The molecule has 0 fully saturated rings. The lowest BCUT2D eigenvalue weighted by Crippen LogP contribution is -2.28. The molecule has 0 saturated carbocycles. The Morgan fingerprint density at radius 2 is 1.41 bits per heavy atom. The summed E-state index contributed by atoms with van der Waals surface area (Å²) < 4.78 is 1.28. The molecule has 0 amide bonds. The van der Waals surface area contributed by atoms with Gasteiger partial charge >= 0.3 is 0 Å². The van der Waals surface area contributed by atoms with Crippen LogP contribution in [-0.4, -0.2) is 9.55 Å². The first-order chi connectivity index (χ1) is 15.5. The molecule has 0 radical (unpaired) electrons. The van der Waals surface area contributed by atoms with E-state index in [4.69, 9.17) is 0 Å². The molecular weight excluding hydrogens is 396 g/mol. The normalized spacial score (nSPS) is 13.8. The van der Waals surface area contributed by atoms with Crippen molar-refractivity contribution in [2.24, 2.45) is 0 Å². The Hall–Kier alpha value is -4.05. The zero-order chi connectivity index (χ0) is 22.0. The molecule has 2 heterocycles. The minimum atomic E-state index is -0.338. The van der Waals surface area contributed by atoms with Gasteiger partial charge in [0.2, 0.25) is 0 Å². The van der Waals surface area contributed by atoms with E-state index in [1.165, 1.54) is 10.1 Å². The maximum atomic E-state index is 13.9. The molecule has 6 rings (SSSR count). The Balaban J connectivity index is 1.88. The van der Waals surface area contributed by atoms with Crippen LogP contribution in [0.2, 0.25) is 0 Å². The highest BCUT2D eigenvalue weighted by molar-refractivity contribution is 6.07. The van der Waals surface area contributed by atoms with Crippen molar-refractivity contribution in [3.8, 4) is 16.8 Å². The Bertz CT molecular complexity index is 1680. The summed E-state index contributed by atoms with van der Waals surface area (Å²) in [5, 5.41) is 2.43. The average molecular weight is 416 g/mol. The van der Waals surface area contributed by atoms with E-state index in [-0.39, 0.29) is 16.5 Å². The number of aromatic nitrogens is 2. The lowest BCUT2D eigenvalue weighted by Gasteiger charge is -2.21. The molecule has 154 valence electrons. The minimum Gasteiger partial charge on any atom is -0.268 e. The van der Waals surface area contributed by atoms with Crippen molar-refractivity contribution in [1.82, 2.24) is 9.55 Å².